The first kappa shape index (κ1) is 23.8. The van der Waals surface area contributed by atoms with Gasteiger partial charge >= 0.3 is 5.97 Å². The Kier molecular flexibility index (Phi) is 7.30. The number of benzene rings is 3. The average molecular weight is 475 g/mol. The predicted octanol–water partition coefficient (Wildman–Crippen LogP) is 4.25. The number of carbonyl (C=O) groups is 2. The fourth-order valence-electron chi connectivity index (χ4n) is 3.86. The van der Waals surface area contributed by atoms with E-state index in [0.717, 1.165) is 22.6 Å². The summed E-state index contributed by atoms with van der Waals surface area (Å²) in [6, 6.07) is 21.7. The fourth-order valence-corrected chi connectivity index (χ4v) is 3.86. The lowest BCUT2D eigenvalue weighted by Crippen LogP contribution is -2.31. The van der Waals surface area contributed by atoms with Crippen molar-refractivity contribution in [2.24, 2.45) is 5.10 Å². The number of esters is 1. The molecule has 1 amide bonds. The van der Waals surface area contributed by atoms with Crippen molar-refractivity contribution in [3.8, 4) is 17.2 Å². The van der Waals surface area contributed by atoms with Crippen LogP contribution in [0.5, 0.6) is 17.2 Å². The van der Waals surface area contributed by atoms with Crippen LogP contribution in [0.25, 0.3) is 0 Å². The van der Waals surface area contributed by atoms with Gasteiger partial charge in [-0.2, -0.15) is 5.10 Å². The summed E-state index contributed by atoms with van der Waals surface area (Å²) < 4.78 is 21.1. The van der Waals surface area contributed by atoms with Gasteiger partial charge in [0.15, 0.2) is 6.61 Å². The molecule has 0 radical (unpaired) electrons. The number of ether oxygens (including phenoxy) is 4. The molecule has 1 aliphatic heterocycles. The summed E-state index contributed by atoms with van der Waals surface area (Å²) in [5.74, 6) is 0.483. The van der Waals surface area contributed by atoms with Crippen LogP contribution in [-0.2, 0) is 9.53 Å². The van der Waals surface area contributed by atoms with Gasteiger partial charge in [-0.05, 0) is 35.4 Å². The van der Waals surface area contributed by atoms with Crippen LogP contribution >= 0.6 is 0 Å². The van der Waals surface area contributed by atoms with Gasteiger partial charge in [0.05, 0.1) is 33.1 Å². The first-order valence-corrected chi connectivity index (χ1v) is 11.0. The monoisotopic (exact) mass is 474 g/mol. The van der Waals surface area contributed by atoms with E-state index in [0.29, 0.717) is 12.2 Å². The second kappa shape index (κ2) is 10.7. The van der Waals surface area contributed by atoms with Gasteiger partial charge in [0.1, 0.15) is 22.8 Å². The van der Waals surface area contributed by atoms with Crippen LogP contribution in [0, 0.1) is 0 Å². The Hall–Kier alpha value is -4.33. The Labute approximate surface area is 203 Å². The molecule has 35 heavy (non-hydrogen) atoms. The summed E-state index contributed by atoms with van der Waals surface area (Å²) in [5.41, 5.74) is 2.87. The van der Waals surface area contributed by atoms with Crippen molar-refractivity contribution in [2.75, 3.05) is 27.9 Å². The van der Waals surface area contributed by atoms with Gasteiger partial charge < -0.3 is 18.9 Å². The number of amides is 1. The molecular weight excluding hydrogens is 448 g/mol. The minimum absolute atomic E-state index is 0.192. The Balaban J connectivity index is 1.60. The molecule has 1 aliphatic rings. The molecular formula is C27H26N2O6. The van der Waals surface area contributed by atoms with E-state index < -0.39 is 5.97 Å². The molecule has 0 aliphatic carbocycles. The van der Waals surface area contributed by atoms with E-state index >= 15 is 0 Å². The second-order valence-corrected chi connectivity index (χ2v) is 7.79. The summed E-state index contributed by atoms with van der Waals surface area (Å²) >= 11 is 0. The second-order valence-electron chi connectivity index (χ2n) is 7.79. The summed E-state index contributed by atoms with van der Waals surface area (Å²) in [5, 5.41) is 6.10. The Morgan fingerprint density at radius 1 is 0.914 bits per heavy atom. The molecule has 8 nitrogen and oxygen atoms in total. The molecule has 0 fully saturated rings. The normalized spacial score (nSPS) is 14.8. The zero-order valence-corrected chi connectivity index (χ0v) is 19.8. The zero-order valence-electron chi connectivity index (χ0n) is 19.8. The van der Waals surface area contributed by atoms with E-state index in [1.165, 1.54) is 25.3 Å². The molecule has 1 atom stereocenters. The van der Waals surface area contributed by atoms with Crippen molar-refractivity contribution in [1.29, 1.82) is 0 Å². The molecule has 3 aromatic carbocycles. The van der Waals surface area contributed by atoms with Crippen molar-refractivity contribution >= 4 is 17.6 Å². The molecule has 1 heterocycles. The van der Waals surface area contributed by atoms with E-state index in [4.69, 9.17) is 18.9 Å². The summed E-state index contributed by atoms with van der Waals surface area (Å²) in [7, 11) is 4.39. The van der Waals surface area contributed by atoms with E-state index in [1.54, 1.807) is 19.2 Å². The van der Waals surface area contributed by atoms with Crippen LogP contribution in [0.15, 0.2) is 77.9 Å². The van der Waals surface area contributed by atoms with Crippen molar-refractivity contribution in [3.63, 3.8) is 0 Å². The van der Waals surface area contributed by atoms with Crippen molar-refractivity contribution in [1.82, 2.24) is 5.01 Å². The van der Waals surface area contributed by atoms with Crippen LogP contribution < -0.4 is 14.2 Å². The minimum atomic E-state index is -0.572. The van der Waals surface area contributed by atoms with Crippen LogP contribution in [0.4, 0.5) is 0 Å². The Bertz CT molecular complexity index is 1220. The zero-order chi connectivity index (χ0) is 24.8. The highest BCUT2D eigenvalue weighted by Gasteiger charge is 2.33. The minimum Gasteiger partial charge on any atom is -0.497 e. The topological polar surface area (TPSA) is 86.7 Å². The molecule has 0 spiro atoms. The number of nitrogens with zero attached hydrogens (tertiary/aromatic N) is 2. The molecule has 0 bridgehead atoms. The summed E-state index contributed by atoms with van der Waals surface area (Å²) in [6.07, 6.45) is 0.550. The Morgan fingerprint density at radius 3 is 2.26 bits per heavy atom. The van der Waals surface area contributed by atoms with Crippen molar-refractivity contribution in [3.05, 3.63) is 89.5 Å². The maximum absolute atomic E-state index is 13.3. The number of methoxy groups -OCH3 is 3. The van der Waals surface area contributed by atoms with Crippen LogP contribution in [0.1, 0.15) is 33.9 Å². The smallest absolute Gasteiger partial charge is 0.341 e. The first-order valence-electron chi connectivity index (χ1n) is 11.0. The predicted molar refractivity (Wildman–Crippen MR) is 130 cm³/mol. The van der Waals surface area contributed by atoms with Crippen molar-refractivity contribution in [2.45, 2.75) is 12.5 Å². The molecule has 8 heteroatoms. The van der Waals surface area contributed by atoms with Crippen LogP contribution in [-0.4, -0.2) is 50.5 Å². The van der Waals surface area contributed by atoms with Gasteiger partial charge in [-0.25, -0.2) is 9.80 Å². The van der Waals surface area contributed by atoms with Gasteiger partial charge in [0.2, 0.25) is 0 Å². The summed E-state index contributed by atoms with van der Waals surface area (Å²) in [6.45, 7) is -0.324. The molecule has 4 rings (SSSR count). The highest BCUT2D eigenvalue weighted by molar-refractivity contribution is 6.03. The molecule has 1 unspecified atom stereocenters. The standard InChI is InChI=1S/C27H26N2O6/c1-32-20-11-9-19(10-12-20)24-16-23(18-7-5-4-6-8-18)28-29(24)26(30)17-35-25-15-21(33-2)13-14-22(25)27(31)34-3/h4-15,24H,16-17H2,1-3H3. The van der Waals surface area contributed by atoms with Crippen LogP contribution in [0.2, 0.25) is 0 Å². The van der Waals surface area contributed by atoms with Gasteiger partial charge in [0.25, 0.3) is 5.91 Å². The lowest BCUT2D eigenvalue weighted by atomic mass is 9.98. The van der Waals surface area contributed by atoms with E-state index in [-0.39, 0.29) is 29.9 Å². The quantitative estimate of drug-likeness (QED) is 0.454. The largest absolute Gasteiger partial charge is 0.497 e. The highest BCUT2D eigenvalue weighted by Crippen LogP contribution is 2.34. The van der Waals surface area contributed by atoms with Gasteiger partial charge in [0, 0.05) is 12.5 Å². The highest BCUT2D eigenvalue weighted by atomic mass is 16.5. The molecule has 0 saturated heterocycles. The fraction of sp³-hybridized carbons (Fsp3) is 0.222. The van der Waals surface area contributed by atoms with E-state index in [2.05, 4.69) is 5.10 Å². The lowest BCUT2D eigenvalue weighted by Gasteiger charge is -2.22. The molecule has 3 aromatic rings. The van der Waals surface area contributed by atoms with Crippen LogP contribution in [0.3, 0.4) is 0 Å². The lowest BCUT2D eigenvalue weighted by molar-refractivity contribution is -0.135. The Morgan fingerprint density at radius 2 is 1.60 bits per heavy atom. The third-order valence-corrected chi connectivity index (χ3v) is 5.72. The SMILES string of the molecule is COC(=O)c1ccc(OC)cc1OCC(=O)N1N=C(c2ccccc2)CC1c1ccc(OC)cc1. The van der Waals surface area contributed by atoms with Crippen molar-refractivity contribution < 1.29 is 28.5 Å². The van der Waals surface area contributed by atoms with Gasteiger partial charge in [-0.15, -0.1) is 0 Å². The number of hydrogen-bond acceptors (Lipinski definition) is 7. The molecule has 0 saturated carbocycles. The van der Waals surface area contributed by atoms with E-state index in [9.17, 15) is 9.59 Å². The number of carbonyl (C=O) groups excluding carboxylic acids is 2. The third-order valence-electron chi connectivity index (χ3n) is 5.72. The number of hydrogen-bond donors (Lipinski definition) is 0. The third kappa shape index (κ3) is 5.27. The number of rotatable bonds is 8. The van der Waals surface area contributed by atoms with Gasteiger partial charge in [-0.3, -0.25) is 4.79 Å². The maximum atomic E-state index is 13.3. The first-order chi connectivity index (χ1) is 17.0. The summed E-state index contributed by atoms with van der Waals surface area (Å²) in [4.78, 5) is 25.5. The molecule has 180 valence electrons. The van der Waals surface area contributed by atoms with E-state index in [1.807, 2.05) is 54.6 Å². The average Bonchev–Trinajstić information content (AvgIpc) is 3.37. The number of hydrazone groups is 1. The molecule has 0 aromatic heterocycles. The molecule has 0 N–H and O–H groups in total. The van der Waals surface area contributed by atoms with Gasteiger partial charge in [-0.1, -0.05) is 42.5 Å². The maximum Gasteiger partial charge on any atom is 0.341 e.